The van der Waals surface area contributed by atoms with E-state index in [-0.39, 0.29) is 17.7 Å². The number of thiophene rings is 1. The molecule has 0 radical (unpaired) electrons. The third-order valence-electron chi connectivity index (χ3n) is 5.72. The van der Waals surface area contributed by atoms with E-state index < -0.39 is 0 Å². The van der Waals surface area contributed by atoms with Gasteiger partial charge in [-0.2, -0.15) is 0 Å². The third-order valence-corrected chi connectivity index (χ3v) is 6.65. The number of nitrogens with one attached hydrogen (secondary N) is 2. The number of Topliss-reactive ketones (excluding diaryl/α,β-unsaturated/α-hetero) is 1. The Morgan fingerprint density at radius 1 is 0.966 bits per heavy atom. The van der Waals surface area contributed by atoms with E-state index in [2.05, 4.69) is 40.3 Å². The lowest BCUT2D eigenvalue weighted by Crippen LogP contribution is -2.26. The number of para-hydroxylation sites is 3. The molecule has 0 fully saturated rings. The molecule has 1 aromatic heterocycles. The Morgan fingerprint density at radius 2 is 1.76 bits per heavy atom. The maximum atomic E-state index is 13.4. The highest BCUT2D eigenvalue weighted by atomic mass is 32.1. The van der Waals surface area contributed by atoms with Crippen molar-refractivity contribution >= 4 is 28.5 Å². The summed E-state index contributed by atoms with van der Waals surface area (Å²) in [6, 6.07) is 20.2. The number of benzene rings is 2. The van der Waals surface area contributed by atoms with Gasteiger partial charge in [0.1, 0.15) is 5.75 Å². The van der Waals surface area contributed by atoms with E-state index >= 15 is 0 Å². The van der Waals surface area contributed by atoms with Gasteiger partial charge >= 0.3 is 0 Å². The normalized spacial score (nSPS) is 20.8. The van der Waals surface area contributed by atoms with E-state index in [1.807, 2.05) is 36.4 Å². The molecule has 0 bridgehead atoms. The smallest absolute Gasteiger partial charge is 0.163 e. The second kappa shape index (κ2) is 7.41. The fourth-order valence-electron chi connectivity index (χ4n) is 4.38. The number of hydrogen-bond acceptors (Lipinski definition) is 5. The topological polar surface area (TPSA) is 50.4 Å². The number of hydrogen-bond donors (Lipinski definition) is 2. The number of fused-ring (bicyclic) bond motifs is 1. The van der Waals surface area contributed by atoms with Crippen molar-refractivity contribution in [1.29, 1.82) is 0 Å². The molecule has 5 heteroatoms. The summed E-state index contributed by atoms with van der Waals surface area (Å²) in [5.41, 5.74) is 4.98. The highest BCUT2D eigenvalue weighted by Crippen LogP contribution is 2.46. The van der Waals surface area contributed by atoms with Crippen molar-refractivity contribution in [2.24, 2.45) is 0 Å². The van der Waals surface area contributed by atoms with E-state index in [0.29, 0.717) is 6.42 Å². The van der Waals surface area contributed by atoms with Crippen molar-refractivity contribution in [3.05, 3.63) is 87.8 Å². The number of methoxy groups -OCH3 is 1. The fraction of sp³-hybridized carbons (Fsp3) is 0.208. The molecule has 3 aromatic rings. The number of anilines is 2. The van der Waals surface area contributed by atoms with Gasteiger partial charge in [0.15, 0.2) is 5.78 Å². The van der Waals surface area contributed by atoms with Crippen LogP contribution in [-0.4, -0.2) is 12.9 Å². The molecule has 5 rings (SSSR count). The lowest BCUT2D eigenvalue weighted by Gasteiger charge is -2.30. The minimum Gasteiger partial charge on any atom is -0.496 e. The second-order valence-corrected chi connectivity index (χ2v) is 8.41. The Bertz CT molecular complexity index is 1090. The molecule has 146 valence electrons. The molecule has 2 N–H and O–H groups in total. The van der Waals surface area contributed by atoms with Gasteiger partial charge in [-0.1, -0.05) is 36.4 Å². The summed E-state index contributed by atoms with van der Waals surface area (Å²) in [4.78, 5) is 14.6. The monoisotopic (exact) mass is 402 g/mol. The zero-order valence-corrected chi connectivity index (χ0v) is 17.0. The van der Waals surface area contributed by atoms with Crippen LogP contribution in [0.4, 0.5) is 11.4 Å². The summed E-state index contributed by atoms with van der Waals surface area (Å²) >= 11 is 1.68. The predicted molar refractivity (Wildman–Crippen MR) is 118 cm³/mol. The molecule has 2 aromatic carbocycles. The first-order chi connectivity index (χ1) is 14.2. The van der Waals surface area contributed by atoms with Crippen molar-refractivity contribution < 1.29 is 9.53 Å². The van der Waals surface area contributed by atoms with E-state index in [9.17, 15) is 4.79 Å². The maximum absolute atomic E-state index is 13.4. The summed E-state index contributed by atoms with van der Waals surface area (Å²) in [7, 11) is 1.69. The zero-order valence-electron chi connectivity index (χ0n) is 16.1. The molecule has 1 aliphatic heterocycles. The van der Waals surface area contributed by atoms with Gasteiger partial charge in [0.05, 0.1) is 24.5 Å². The number of ketones is 1. The summed E-state index contributed by atoms with van der Waals surface area (Å²) in [5.74, 6) is 1.13. The maximum Gasteiger partial charge on any atom is 0.163 e. The lowest BCUT2D eigenvalue weighted by atomic mass is 9.79. The molecule has 2 unspecified atom stereocenters. The molecular formula is C24H22N2O2S. The number of allylic oxidation sites excluding steroid dienone is 1. The third kappa shape index (κ3) is 3.21. The highest BCUT2D eigenvalue weighted by Gasteiger charge is 2.37. The number of ether oxygens (including phenoxy) is 1. The molecule has 4 nitrogen and oxygen atoms in total. The zero-order chi connectivity index (χ0) is 19.8. The average Bonchev–Trinajstić information content (AvgIpc) is 3.22. The van der Waals surface area contributed by atoms with Crippen LogP contribution in [0.15, 0.2) is 77.3 Å². The first kappa shape index (κ1) is 18.0. The Morgan fingerprint density at radius 3 is 2.55 bits per heavy atom. The van der Waals surface area contributed by atoms with Crippen LogP contribution in [0.3, 0.4) is 0 Å². The number of carbonyl (C=O) groups excluding carboxylic acids is 1. The van der Waals surface area contributed by atoms with Gasteiger partial charge in [-0.05, 0) is 41.6 Å². The van der Waals surface area contributed by atoms with Crippen LogP contribution < -0.4 is 15.4 Å². The van der Waals surface area contributed by atoms with Gasteiger partial charge in [-0.3, -0.25) is 4.79 Å². The van der Waals surface area contributed by atoms with E-state index in [1.165, 1.54) is 0 Å². The fourth-order valence-corrected chi connectivity index (χ4v) is 5.17. The van der Waals surface area contributed by atoms with E-state index in [4.69, 9.17) is 4.74 Å². The van der Waals surface area contributed by atoms with Crippen LogP contribution in [0.5, 0.6) is 5.75 Å². The first-order valence-corrected chi connectivity index (χ1v) is 10.7. The van der Waals surface area contributed by atoms with Crippen LogP contribution in [-0.2, 0) is 4.79 Å². The standard InChI is InChI=1S/C24H22N2O2S/c1-28-21-10-5-2-7-16(21)15-13-19-23(20(27)14-15)24(22-11-6-12-29-22)26-18-9-4-3-8-17(18)25-19/h2-12,15,24-26H,13-14H2,1H3. The van der Waals surface area contributed by atoms with Crippen LogP contribution in [0.25, 0.3) is 0 Å². The summed E-state index contributed by atoms with van der Waals surface area (Å²) in [6.07, 6.45) is 1.26. The van der Waals surface area contributed by atoms with Gasteiger partial charge in [0.2, 0.25) is 0 Å². The van der Waals surface area contributed by atoms with Crippen molar-refractivity contribution in [3.8, 4) is 5.75 Å². The predicted octanol–water partition coefficient (Wildman–Crippen LogP) is 5.74. The SMILES string of the molecule is COc1ccccc1C1CC(=O)C2=C(C1)Nc1ccccc1NC2c1cccs1. The highest BCUT2D eigenvalue weighted by molar-refractivity contribution is 7.10. The van der Waals surface area contributed by atoms with Gasteiger partial charge in [0.25, 0.3) is 0 Å². The molecule has 2 aliphatic rings. The van der Waals surface area contributed by atoms with Gasteiger partial charge in [0, 0.05) is 28.5 Å². The largest absolute Gasteiger partial charge is 0.496 e. The van der Waals surface area contributed by atoms with Gasteiger partial charge < -0.3 is 15.4 Å². The Balaban J connectivity index is 1.61. The molecule has 0 amide bonds. The Labute approximate surface area is 174 Å². The second-order valence-electron chi connectivity index (χ2n) is 7.43. The molecule has 1 aliphatic carbocycles. The molecular weight excluding hydrogens is 380 g/mol. The quantitative estimate of drug-likeness (QED) is 0.587. The van der Waals surface area contributed by atoms with E-state index in [1.54, 1.807) is 18.4 Å². The lowest BCUT2D eigenvalue weighted by molar-refractivity contribution is -0.116. The van der Waals surface area contributed by atoms with Gasteiger partial charge in [-0.15, -0.1) is 11.3 Å². The van der Waals surface area contributed by atoms with Crippen LogP contribution >= 0.6 is 11.3 Å². The molecule has 2 heterocycles. The molecule has 0 saturated carbocycles. The summed E-state index contributed by atoms with van der Waals surface area (Å²) < 4.78 is 5.57. The van der Waals surface area contributed by atoms with Crippen molar-refractivity contribution in [1.82, 2.24) is 0 Å². The van der Waals surface area contributed by atoms with Crippen molar-refractivity contribution in [2.45, 2.75) is 24.8 Å². The minimum absolute atomic E-state index is 0.0964. The van der Waals surface area contributed by atoms with Crippen LogP contribution in [0, 0.1) is 0 Å². The van der Waals surface area contributed by atoms with Crippen LogP contribution in [0.2, 0.25) is 0 Å². The molecule has 29 heavy (non-hydrogen) atoms. The Hall–Kier alpha value is -3.05. The number of rotatable bonds is 3. The van der Waals surface area contributed by atoms with Crippen molar-refractivity contribution in [2.75, 3.05) is 17.7 Å². The van der Waals surface area contributed by atoms with E-state index in [0.717, 1.165) is 45.3 Å². The Kier molecular flexibility index (Phi) is 4.60. The molecule has 2 atom stereocenters. The number of carbonyl (C=O) groups is 1. The molecule has 0 saturated heterocycles. The minimum atomic E-state index is -0.132. The summed E-state index contributed by atoms with van der Waals surface area (Å²) in [6.45, 7) is 0. The molecule has 0 spiro atoms. The van der Waals surface area contributed by atoms with Crippen molar-refractivity contribution in [3.63, 3.8) is 0 Å². The van der Waals surface area contributed by atoms with Crippen LogP contribution in [0.1, 0.15) is 35.2 Å². The average molecular weight is 403 g/mol. The van der Waals surface area contributed by atoms with Gasteiger partial charge in [-0.25, -0.2) is 0 Å². The summed E-state index contributed by atoms with van der Waals surface area (Å²) in [5, 5.41) is 9.26. The first-order valence-electron chi connectivity index (χ1n) is 9.79.